The van der Waals surface area contributed by atoms with Crippen LogP contribution in [0.4, 0.5) is 4.79 Å². The Morgan fingerprint density at radius 1 is 1.50 bits per heavy atom. The molecule has 0 aliphatic carbocycles. The third kappa shape index (κ3) is 3.30. The topological polar surface area (TPSA) is 69.6 Å². The van der Waals surface area contributed by atoms with E-state index in [0.717, 1.165) is 5.75 Å². The lowest BCUT2D eigenvalue weighted by Crippen LogP contribution is -2.39. The molecule has 1 heterocycles. The summed E-state index contributed by atoms with van der Waals surface area (Å²) in [6.45, 7) is 3.35. The third-order valence-electron chi connectivity index (χ3n) is 2.80. The lowest BCUT2D eigenvalue weighted by molar-refractivity contribution is -0.142. The zero-order valence-corrected chi connectivity index (χ0v) is 10.4. The fourth-order valence-electron chi connectivity index (χ4n) is 1.83. The van der Waals surface area contributed by atoms with E-state index in [0.29, 0.717) is 19.6 Å². The van der Waals surface area contributed by atoms with E-state index in [1.807, 2.05) is 13.2 Å². The standard InChI is InChI=1S/C10H18N2O3S/c1-7-5-12(6-8(7)9(13)14)10(15)11-3-4-16-2/h7-8H,3-6H2,1-2H3,(H,11,15)(H,13,14)/t7-,8-/m1/s1. The highest BCUT2D eigenvalue weighted by Crippen LogP contribution is 2.22. The maximum Gasteiger partial charge on any atom is 0.317 e. The monoisotopic (exact) mass is 246 g/mol. The molecule has 0 spiro atoms. The van der Waals surface area contributed by atoms with Gasteiger partial charge in [0.25, 0.3) is 0 Å². The van der Waals surface area contributed by atoms with Crippen LogP contribution < -0.4 is 5.32 Å². The smallest absolute Gasteiger partial charge is 0.317 e. The molecule has 2 N–H and O–H groups in total. The van der Waals surface area contributed by atoms with Crippen LogP contribution in [0.2, 0.25) is 0 Å². The highest BCUT2D eigenvalue weighted by Gasteiger charge is 2.36. The maximum absolute atomic E-state index is 11.6. The summed E-state index contributed by atoms with van der Waals surface area (Å²) in [6, 6.07) is -0.148. The molecule has 2 amide bonds. The summed E-state index contributed by atoms with van der Waals surface area (Å²) in [4.78, 5) is 24.1. The largest absolute Gasteiger partial charge is 0.481 e. The van der Waals surface area contributed by atoms with Gasteiger partial charge in [-0.3, -0.25) is 4.79 Å². The van der Waals surface area contributed by atoms with E-state index in [2.05, 4.69) is 5.32 Å². The van der Waals surface area contributed by atoms with Crippen LogP contribution in [0.5, 0.6) is 0 Å². The number of hydrogen-bond acceptors (Lipinski definition) is 3. The predicted octanol–water partition coefficient (Wildman–Crippen LogP) is 0.712. The average molecular weight is 246 g/mol. The van der Waals surface area contributed by atoms with Gasteiger partial charge in [0, 0.05) is 25.4 Å². The van der Waals surface area contributed by atoms with Crippen molar-refractivity contribution in [2.24, 2.45) is 11.8 Å². The van der Waals surface area contributed by atoms with Gasteiger partial charge >= 0.3 is 12.0 Å². The van der Waals surface area contributed by atoms with Gasteiger partial charge in [0.15, 0.2) is 0 Å². The number of carbonyl (C=O) groups excluding carboxylic acids is 1. The zero-order valence-electron chi connectivity index (χ0n) is 9.60. The van der Waals surface area contributed by atoms with Gasteiger partial charge in [-0.05, 0) is 12.2 Å². The fourth-order valence-corrected chi connectivity index (χ4v) is 2.13. The van der Waals surface area contributed by atoms with Crippen LogP contribution in [0.1, 0.15) is 6.92 Å². The fraction of sp³-hybridized carbons (Fsp3) is 0.800. The van der Waals surface area contributed by atoms with Gasteiger partial charge in [0.1, 0.15) is 0 Å². The second-order valence-corrected chi connectivity index (χ2v) is 5.04. The van der Waals surface area contributed by atoms with E-state index in [1.165, 1.54) is 0 Å². The van der Waals surface area contributed by atoms with Crippen molar-refractivity contribution in [1.82, 2.24) is 10.2 Å². The first kappa shape index (κ1) is 13.2. The number of likely N-dealkylation sites (tertiary alicyclic amines) is 1. The molecule has 1 aliphatic heterocycles. The van der Waals surface area contributed by atoms with E-state index in [9.17, 15) is 9.59 Å². The van der Waals surface area contributed by atoms with Crippen LogP contribution in [-0.2, 0) is 4.79 Å². The molecule has 0 aromatic rings. The molecule has 1 aliphatic rings. The normalized spacial score (nSPS) is 24.5. The molecule has 0 bridgehead atoms. The SMILES string of the molecule is CSCCNC(=O)N1C[C@@H](C)[C@H](C(=O)O)C1. The number of carboxylic acid groups (broad SMARTS) is 1. The second-order valence-electron chi connectivity index (χ2n) is 4.05. The molecule has 0 aromatic carbocycles. The molecular weight excluding hydrogens is 228 g/mol. The van der Waals surface area contributed by atoms with Crippen molar-refractivity contribution in [1.29, 1.82) is 0 Å². The summed E-state index contributed by atoms with van der Waals surface area (Å²) in [5.74, 6) is -0.334. The van der Waals surface area contributed by atoms with Gasteiger partial charge in [0.05, 0.1) is 5.92 Å². The van der Waals surface area contributed by atoms with Crippen molar-refractivity contribution in [3.8, 4) is 0 Å². The van der Waals surface area contributed by atoms with Gasteiger partial charge in [-0.15, -0.1) is 0 Å². The molecule has 0 saturated carbocycles. The summed E-state index contributed by atoms with van der Waals surface area (Å²) in [5.41, 5.74) is 0. The number of carbonyl (C=O) groups is 2. The Hall–Kier alpha value is -0.910. The van der Waals surface area contributed by atoms with Crippen molar-refractivity contribution in [3.63, 3.8) is 0 Å². The zero-order chi connectivity index (χ0) is 12.1. The molecule has 6 heteroatoms. The second kappa shape index (κ2) is 5.98. The maximum atomic E-state index is 11.6. The Labute approximate surface area is 99.6 Å². The summed E-state index contributed by atoms with van der Waals surface area (Å²) >= 11 is 1.66. The van der Waals surface area contributed by atoms with Gasteiger partial charge in [-0.2, -0.15) is 11.8 Å². The molecule has 1 saturated heterocycles. The Kier molecular flexibility index (Phi) is 4.92. The van der Waals surface area contributed by atoms with Crippen LogP contribution in [0.25, 0.3) is 0 Å². The van der Waals surface area contributed by atoms with Gasteiger partial charge < -0.3 is 15.3 Å². The van der Waals surface area contributed by atoms with Crippen LogP contribution in [-0.4, -0.2) is 53.6 Å². The molecule has 92 valence electrons. The van der Waals surface area contributed by atoms with Crippen LogP contribution in [0, 0.1) is 11.8 Å². The highest BCUT2D eigenvalue weighted by molar-refractivity contribution is 7.98. The van der Waals surface area contributed by atoms with Crippen LogP contribution in [0.15, 0.2) is 0 Å². The number of urea groups is 1. The number of aliphatic carboxylic acids is 1. The average Bonchev–Trinajstić information content (AvgIpc) is 2.60. The van der Waals surface area contributed by atoms with Crippen molar-refractivity contribution in [2.45, 2.75) is 6.92 Å². The molecule has 2 atom stereocenters. The van der Waals surface area contributed by atoms with E-state index in [4.69, 9.17) is 5.11 Å². The minimum absolute atomic E-state index is 0.0313. The van der Waals surface area contributed by atoms with Crippen molar-refractivity contribution < 1.29 is 14.7 Å². The third-order valence-corrected chi connectivity index (χ3v) is 3.41. The first-order valence-electron chi connectivity index (χ1n) is 5.30. The Morgan fingerprint density at radius 3 is 2.69 bits per heavy atom. The van der Waals surface area contributed by atoms with Crippen molar-refractivity contribution in [3.05, 3.63) is 0 Å². The van der Waals surface area contributed by atoms with E-state index in [-0.39, 0.29) is 11.9 Å². The number of hydrogen-bond donors (Lipinski definition) is 2. The lowest BCUT2D eigenvalue weighted by Gasteiger charge is -2.16. The molecule has 0 aromatic heterocycles. The number of nitrogens with one attached hydrogen (secondary N) is 1. The molecule has 1 fully saturated rings. The summed E-state index contributed by atoms with van der Waals surface area (Å²) < 4.78 is 0. The first-order chi connectivity index (χ1) is 7.56. The predicted molar refractivity (Wildman–Crippen MR) is 63.6 cm³/mol. The number of thioether (sulfide) groups is 1. The van der Waals surface area contributed by atoms with Crippen molar-refractivity contribution in [2.75, 3.05) is 31.6 Å². The highest BCUT2D eigenvalue weighted by atomic mass is 32.2. The van der Waals surface area contributed by atoms with Crippen molar-refractivity contribution >= 4 is 23.8 Å². The summed E-state index contributed by atoms with van der Waals surface area (Å²) in [6.07, 6.45) is 1.98. The summed E-state index contributed by atoms with van der Waals surface area (Å²) in [7, 11) is 0. The Bertz CT molecular complexity index is 273. The first-order valence-corrected chi connectivity index (χ1v) is 6.70. The molecule has 0 radical (unpaired) electrons. The van der Waals surface area contributed by atoms with Crippen LogP contribution in [0.3, 0.4) is 0 Å². The number of rotatable bonds is 4. The molecular formula is C10H18N2O3S. The van der Waals surface area contributed by atoms with Gasteiger partial charge in [-0.1, -0.05) is 6.92 Å². The van der Waals surface area contributed by atoms with E-state index < -0.39 is 11.9 Å². The lowest BCUT2D eigenvalue weighted by atomic mass is 9.99. The molecule has 16 heavy (non-hydrogen) atoms. The summed E-state index contributed by atoms with van der Waals surface area (Å²) in [5, 5.41) is 11.7. The van der Waals surface area contributed by atoms with Gasteiger partial charge in [0.2, 0.25) is 0 Å². The quantitative estimate of drug-likeness (QED) is 0.717. The molecule has 0 unspecified atom stereocenters. The molecule has 5 nitrogen and oxygen atoms in total. The Morgan fingerprint density at radius 2 is 2.19 bits per heavy atom. The van der Waals surface area contributed by atoms with E-state index >= 15 is 0 Å². The van der Waals surface area contributed by atoms with Crippen LogP contribution >= 0.6 is 11.8 Å². The van der Waals surface area contributed by atoms with Gasteiger partial charge in [-0.25, -0.2) is 4.79 Å². The minimum atomic E-state index is -0.813. The minimum Gasteiger partial charge on any atom is -0.481 e. The number of amides is 2. The number of nitrogens with zero attached hydrogens (tertiary/aromatic N) is 1. The Balaban J connectivity index is 2.39. The van der Waals surface area contributed by atoms with E-state index in [1.54, 1.807) is 16.7 Å². The molecule has 1 rings (SSSR count). The number of carboxylic acids is 1.